The number of nitrogen functional groups attached to an aromatic ring is 1. The van der Waals surface area contributed by atoms with Crippen LogP contribution in [0, 0.1) is 0 Å². The molecule has 0 aliphatic carbocycles. The van der Waals surface area contributed by atoms with Gasteiger partial charge in [0.1, 0.15) is 10.4 Å². The highest BCUT2D eigenvalue weighted by molar-refractivity contribution is 9.10. The molecule has 1 aliphatic heterocycles. The summed E-state index contributed by atoms with van der Waals surface area (Å²) in [6, 6.07) is 3.89. The molecule has 1 aliphatic rings. The van der Waals surface area contributed by atoms with E-state index in [4.69, 9.17) is 5.73 Å². The van der Waals surface area contributed by atoms with Gasteiger partial charge < -0.3 is 10.6 Å². The van der Waals surface area contributed by atoms with Crippen LogP contribution in [0.4, 0.5) is 11.8 Å². The van der Waals surface area contributed by atoms with Gasteiger partial charge >= 0.3 is 0 Å². The SMILES string of the molecule is Nc1cc(Br)nc(N2CCc3sccc3C2)n1. The van der Waals surface area contributed by atoms with Crippen molar-refractivity contribution in [2.45, 2.75) is 13.0 Å². The van der Waals surface area contributed by atoms with Crippen molar-refractivity contribution in [3.05, 3.63) is 32.6 Å². The van der Waals surface area contributed by atoms with Crippen LogP contribution in [-0.4, -0.2) is 16.5 Å². The number of hydrogen-bond acceptors (Lipinski definition) is 5. The Kier molecular flexibility index (Phi) is 2.76. The first-order chi connectivity index (χ1) is 8.22. The molecule has 0 saturated heterocycles. The normalized spacial score (nSPS) is 14.8. The van der Waals surface area contributed by atoms with E-state index in [-0.39, 0.29) is 0 Å². The number of thiophene rings is 1. The molecule has 3 rings (SSSR count). The van der Waals surface area contributed by atoms with Gasteiger partial charge in [0, 0.05) is 24.0 Å². The lowest BCUT2D eigenvalue weighted by molar-refractivity contribution is 0.717. The Morgan fingerprint density at radius 3 is 3.12 bits per heavy atom. The molecular formula is C11H11BrN4S. The van der Waals surface area contributed by atoms with Crippen LogP contribution < -0.4 is 10.6 Å². The average molecular weight is 311 g/mol. The second-order valence-electron chi connectivity index (χ2n) is 3.96. The predicted molar refractivity (Wildman–Crippen MR) is 73.2 cm³/mol. The minimum absolute atomic E-state index is 0.498. The zero-order valence-corrected chi connectivity index (χ0v) is 11.5. The fourth-order valence-corrected chi connectivity index (χ4v) is 3.27. The van der Waals surface area contributed by atoms with E-state index in [1.807, 2.05) is 11.3 Å². The van der Waals surface area contributed by atoms with E-state index >= 15 is 0 Å². The zero-order chi connectivity index (χ0) is 11.8. The summed E-state index contributed by atoms with van der Waals surface area (Å²) in [6.45, 7) is 1.82. The molecule has 88 valence electrons. The highest BCUT2D eigenvalue weighted by atomic mass is 79.9. The lowest BCUT2D eigenvalue weighted by atomic mass is 10.1. The van der Waals surface area contributed by atoms with Gasteiger partial charge in [-0.15, -0.1) is 11.3 Å². The van der Waals surface area contributed by atoms with Gasteiger partial charge in [-0.05, 0) is 39.4 Å². The Balaban J connectivity index is 1.91. The van der Waals surface area contributed by atoms with Gasteiger partial charge in [0.2, 0.25) is 5.95 Å². The van der Waals surface area contributed by atoms with Crippen molar-refractivity contribution < 1.29 is 0 Å². The van der Waals surface area contributed by atoms with Gasteiger partial charge in [0.05, 0.1) is 0 Å². The van der Waals surface area contributed by atoms with Crippen molar-refractivity contribution in [3.8, 4) is 0 Å². The first-order valence-corrected chi connectivity index (χ1v) is 7.00. The summed E-state index contributed by atoms with van der Waals surface area (Å²) in [7, 11) is 0. The van der Waals surface area contributed by atoms with Crippen molar-refractivity contribution in [1.29, 1.82) is 0 Å². The molecule has 6 heteroatoms. The third-order valence-electron chi connectivity index (χ3n) is 2.79. The molecule has 0 atom stereocenters. The van der Waals surface area contributed by atoms with Crippen LogP contribution in [0.15, 0.2) is 22.1 Å². The lowest BCUT2D eigenvalue weighted by Crippen LogP contribution is -2.31. The minimum atomic E-state index is 0.498. The average Bonchev–Trinajstić information content (AvgIpc) is 2.74. The number of fused-ring (bicyclic) bond motifs is 1. The summed E-state index contributed by atoms with van der Waals surface area (Å²) < 4.78 is 0.733. The molecule has 2 aromatic rings. The second-order valence-corrected chi connectivity index (χ2v) is 5.77. The van der Waals surface area contributed by atoms with Crippen LogP contribution >= 0.6 is 27.3 Å². The van der Waals surface area contributed by atoms with Crippen LogP contribution in [0.1, 0.15) is 10.4 Å². The Labute approximate surface area is 112 Å². The third kappa shape index (κ3) is 2.14. The summed E-state index contributed by atoms with van der Waals surface area (Å²) in [6.07, 6.45) is 1.06. The van der Waals surface area contributed by atoms with Crippen LogP contribution in [0.3, 0.4) is 0 Å². The summed E-state index contributed by atoms with van der Waals surface area (Å²) in [5, 5.41) is 2.14. The monoisotopic (exact) mass is 310 g/mol. The van der Waals surface area contributed by atoms with Gasteiger partial charge in [-0.25, -0.2) is 4.98 Å². The molecule has 0 saturated carbocycles. The second kappa shape index (κ2) is 4.27. The minimum Gasteiger partial charge on any atom is -0.383 e. The topological polar surface area (TPSA) is 55.0 Å². The van der Waals surface area contributed by atoms with Crippen molar-refractivity contribution in [1.82, 2.24) is 9.97 Å². The number of rotatable bonds is 1. The number of anilines is 2. The smallest absolute Gasteiger partial charge is 0.228 e. The maximum atomic E-state index is 5.74. The van der Waals surface area contributed by atoms with Crippen LogP contribution in [-0.2, 0) is 13.0 Å². The number of nitrogens with zero attached hydrogens (tertiary/aromatic N) is 3. The van der Waals surface area contributed by atoms with Crippen molar-refractivity contribution >= 4 is 39.0 Å². The van der Waals surface area contributed by atoms with Gasteiger partial charge in [-0.2, -0.15) is 4.98 Å². The highest BCUT2D eigenvalue weighted by Crippen LogP contribution is 2.27. The Bertz CT molecular complexity index is 534. The molecule has 4 nitrogen and oxygen atoms in total. The Hall–Kier alpha value is -1.14. The molecular weight excluding hydrogens is 300 g/mol. The maximum absolute atomic E-state index is 5.74. The highest BCUT2D eigenvalue weighted by Gasteiger charge is 2.19. The van der Waals surface area contributed by atoms with Gasteiger partial charge in [-0.1, -0.05) is 0 Å². The van der Waals surface area contributed by atoms with E-state index in [1.54, 1.807) is 6.07 Å². The van der Waals surface area contributed by atoms with E-state index in [0.717, 1.165) is 24.1 Å². The van der Waals surface area contributed by atoms with Gasteiger partial charge in [0.15, 0.2) is 0 Å². The standard InChI is InChI=1S/C11H11BrN4S/c12-9-5-10(13)15-11(14-9)16-3-1-8-7(6-16)2-4-17-8/h2,4-5H,1,3,6H2,(H2,13,14,15). The molecule has 0 bridgehead atoms. The summed E-state index contributed by atoms with van der Waals surface area (Å²) in [4.78, 5) is 12.3. The first-order valence-electron chi connectivity index (χ1n) is 5.32. The number of hydrogen-bond donors (Lipinski definition) is 1. The molecule has 0 fully saturated rings. The van der Waals surface area contributed by atoms with E-state index in [1.165, 1.54) is 10.4 Å². The quantitative estimate of drug-likeness (QED) is 0.822. The lowest BCUT2D eigenvalue weighted by Gasteiger charge is -2.27. The number of aromatic nitrogens is 2. The van der Waals surface area contributed by atoms with Crippen LogP contribution in [0.2, 0.25) is 0 Å². The molecule has 3 heterocycles. The van der Waals surface area contributed by atoms with E-state index < -0.39 is 0 Å². The van der Waals surface area contributed by atoms with Crippen molar-refractivity contribution in [2.24, 2.45) is 0 Å². The van der Waals surface area contributed by atoms with Crippen molar-refractivity contribution in [2.75, 3.05) is 17.2 Å². The fourth-order valence-electron chi connectivity index (χ4n) is 1.98. The summed E-state index contributed by atoms with van der Waals surface area (Å²) >= 11 is 5.18. The van der Waals surface area contributed by atoms with Crippen LogP contribution in [0.25, 0.3) is 0 Å². The molecule has 2 aromatic heterocycles. The molecule has 0 spiro atoms. The fraction of sp³-hybridized carbons (Fsp3) is 0.273. The van der Waals surface area contributed by atoms with Gasteiger partial charge in [-0.3, -0.25) is 0 Å². The Morgan fingerprint density at radius 2 is 2.29 bits per heavy atom. The summed E-state index contributed by atoms with van der Waals surface area (Å²) in [5.41, 5.74) is 7.11. The number of nitrogens with two attached hydrogens (primary N) is 1. The summed E-state index contributed by atoms with van der Waals surface area (Å²) in [5.74, 6) is 1.20. The molecule has 17 heavy (non-hydrogen) atoms. The molecule has 0 amide bonds. The molecule has 2 N–H and O–H groups in total. The largest absolute Gasteiger partial charge is 0.383 e. The van der Waals surface area contributed by atoms with Gasteiger partial charge in [0.25, 0.3) is 0 Å². The molecule has 0 aromatic carbocycles. The van der Waals surface area contributed by atoms with Crippen LogP contribution in [0.5, 0.6) is 0 Å². The molecule has 0 radical (unpaired) electrons. The zero-order valence-electron chi connectivity index (χ0n) is 9.06. The third-order valence-corrected chi connectivity index (χ3v) is 4.22. The van der Waals surface area contributed by atoms with Crippen molar-refractivity contribution in [3.63, 3.8) is 0 Å². The Morgan fingerprint density at radius 1 is 1.41 bits per heavy atom. The first kappa shape index (κ1) is 11.0. The maximum Gasteiger partial charge on any atom is 0.228 e. The number of halogens is 1. The van der Waals surface area contributed by atoms with E-state index in [2.05, 4.69) is 42.2 Å². The molecule has 0 unspecified atom stereocenters. The van der Waals surface area contributed by atoms with E-state index in [9.17, 15) is 0 Å². The van der Waals surface area contributed by atoms with E-state index in [0.29, 0.717) is 11.8 Å². The predicted octanol–water partition coefficient (Wildman–Crippen LogP) is 2.45.